The maximum absolute atomic E-state index is 12.8. The molecule has 0 atom stereocenters. The van der Waals surface area contributed by atoms with Crippen molar-refractivity contribution in [2.45, 2.75) is 37.6 Å². The van der Waals surface area contributed by atoms with Gasteiger partial charge in [0.25, 0.3) is 0 Å². The van der Waals surface area contributed by atoms with Crippen LogP contribution in [-0.4, -0.2) is 31.2 Å². The summed E-state index contributed by atoms with van der Waals surface area (Å²) < 4.78 is 5.43. The fourth-order valence-electron chi connectivity index (χ4n) is 2.63. The Hall–Kier alpha value is -0.810. The van der Waals surface area contributed by atoms with E-state index in [0.29, 0.717) is 37.6 Å². The summed E-state index contributed by atoms with van der Waals surface area (Å²) in [5.74, 6) is 0.00610. The third kappa shape index (κ3) is 4.59. The molecule has 1 aliphatic rings. The smallest absolute Gasteiger partial charge is 0.230 e. The minimum Gasteiger partial charge on any atom is -0.381 e. The number of carbonyl (C=O) groups is 1. The van der Waals surface area contributed by atoms with Crippen molar-refractivity contribution >= 4 is 29.9 Å². The molecule has 0 aromatic heterocycles. The highest BCUT2D eigenvalue weighted by molar-refractivity contribution is 6.30. The number of benzene rings is 1. The summed E-state index contributed by atoms with van der Waals surface area (Å²) >= 11 is 6.10. The lowest BCUT2D eigenvalue weighted by atomic mass is 9.73. The summed E-state index contributed by atoms with van der Waals surface area (Å²) in [5, 5.41) is 3.63. The molecule has 1 aromatic carbocycles. The highest BCUT2D eigenvalue weighted by atomic mass is 35.5. The lowest BCUT2D eigenvalue weighted by Crippen LogP contribution is -2.53. The first-order valence-corrected chi connectivity index (χ1v) is 7.62. The zero-order chi connectivity index (χ0) is 15.5. The highest BCUT2D eigenvalue weighted by Gasteiger charge is 2.41. The first-order valence-electron chi connectivity index (χ1n) is 7.24. The van der Waals surface area contributed by atoms with E-state index in [0.717, 1.165) is 5.56 Å². The minimum atomic E-state index is -0.575. The van der Waals surface area contributed by atoms with Crippen LogP contribution in [0.25, 0.3) is 0 Å². The van der Waals surface area contributed by atoms with Gasteiger partial charge < -0.3 is 15.8 Å². The topological polar surface area (TPSA) is 64.3 Å². The normalized spacial score (nSPS) is 17.5. The molecule has 124 valence electrons. The Labute approximate surface area is 143 Å². The fourth-order valence-corrected chi connectivity index (χ4v) is 2.82. The molecule has 3 N–H and O–H groups in total. The predicted octanol–water partition coefficient (Wildman–Crippen LogP) is 2.66. The van der Waals surface area contributed by atoms with Crippen molar-refractivity contribution < 1.29 is 9.53 Å². The number of halogens is 2. The van der Waals surface area contributed by atoms with Crippen molar-refractivity contribution in [3.05, 3.63) is 34.9 Å². The first-order chi connectivity index (χ1) is 9.83. The number of ether oxygens (including phenoxy) is 1. The van der Waals surface area contributed by atoms with Gasteiger partial charge in [-0.3, -0.25) is 4.79 Å². The lowest BCUT2D eigenvalue weighted by molar-refractivity contribution is -0.130. The molecule has 1 aromatic rings. The number of rotatable bonds is 4. The molecule has 2 rings (SSSR count). The van der Waals surface area contributed by atoms with Crippen molar-refractivity contribution in [2.24, 2.45) is 5.73 Å². The molecule has 4 nitrogen and oxygen atoms in total. The second-order valence-electron chi connectivity index (χ2n) is 6.38. The molecule has 0 aliphatic carbocycles. The third-order valence-electron chi connectivity index (χ3n) is 3.86. The van der Waals surface area contributed by atoms with E-state index in [1.807, 2.05) is 38.1 Å². The molecule has 1 fully saturated rings. The maximum atomic E-state index is 12.8. The van der Waals surface area contributed by atoms with E-state index in [1.54, 1.807) is 0 Å². The molecule has 0 unspecified atom stereocenters. The number of hydrogen-bond acceptors (Lipinski definition) is 3. The van der Waals surface area contributed by atoms with Crippen LogP contribution in [0.15, 0.2) is 24.3 Å². The molecule has 0 bridgehead atoms. The second kappa shape index (κ2) is 7.64. The van der Waals surface area contributed by atoms with Gasteiger partial charge in [0.15, 0.2) is 0 Å². The van der Waals surface area contributed by atoms with Crippen LogP contribution in [0.5, 0.6) is 0 Å². The number of hydrogen-bond donors (Lipinski definition) is 2. The highest BCUT2D eigenvalue weighted by Crippen LogP contribution is 2.36. The summed E-state index contributed by atoms with van der Waals surface area (Å²) in [6.07, 6.45) is 1.31. The van der Waals surface area contributed by atoms with E-state index < -0.39 is 11.0 Å². The van der Waals surface area contributed by atoms with Gasteiger partial charge in [-0.25, -0.2) is 0 Å². The SMILES string of the molecule is CC(C)(N)CNC(=O)C1(c2cccc(Cl)c2)CCOCC1.Cl. The Bertz CT molecular complexity index is 509. The molecule has 6 heteroatoms. The number of nitrogens with two attached hydrogens (primary N) is 1. The van der Waals surface area contributed by atoms with Crippen LogP contribution in [0.2, 0.25) is 5.02 Å². The molecule has 22 heavy (non-hydrogen) atoms. The van der Waals surface area contributed by atoms with Gasteiger partial charge in [-0.05, 0) is 44.4 Å². The van der Waals surface area contributed by atoms with Crippen LogP contribution in [0.3, 0.4) is 0 Å². The quantitative estimate of drug-likeness (QED) is 0.880. The van der Waals surface area contributed by atoms with Crippen LogP contribution >= 0.6 is 24.0 Å². The molecule has 0 spiro atoms. The van der Waals surface area contributed by atoms with Crippen molar-refractivity contribution in [1.29, 1.82) is 0 Å². The van der Waals surface area contributed by atoms with E-state index in [4.69, 9.17) is 22.1 Å². The van der Waals surface area contributed by atoms with E-state index in [-0.39, 0.29) is 18.3 Å². The molecule has 1 aliphatic heterocycles. The Morgan fingerprint density at radius 2 is 2.05 bits per heavy atom. The molecule has 1 saturated heterocycles. The Morgan fingerprint density at radius 1 is 1.41 bits per heavy atom. The predicted molar refractivity (Wildman–Crippen MR) is 91.7 cm³/mol. The largest absolute Gasteiger partial charge is 0.381 e. The zero-order valence-corrected chi connectivity index (χ0v) is 14.6. The summed E-state index contributed by atoms with van der Waals surface area (Å²) in [6.45, 7) is 5.37. The summed E-state index contributed by atoms with van der Waals surface area (Å²) in [4.78, 5) is 12.8. The van der Waals surface area contributed by atoms with Crippen LogP contribution in [0.1, 0.15) is 32.3 Å². The lowest BCUT2D eigenvalue weighted by Gasteiger charge is -2.37. The summed E-state index contributed by atoms with van der Waals surface area (Å²) in [5.41, 5.74) is 5.90. The van der Waals surface area contributed by atoms with Crippen molar-refractivity contribution in [3.8, 4) is 0 Å². The van der Waals surface area contributed by atoms with Gasteiger partial charge in [0.2, 0.25) is 5.91 Å². The van der Waals surface area contributed by atoms with E-state index in [9.17, 15) is 4.79 Å². The number of amides is 1. The molecule has 0 radical (unpaired) electrons. The molecule has 1 amide bonds. The van der Waals surface area contributed by atoms with Crippen molar-refractivity contribution in [1.82, 2.24) is 5.32 Å². The van der Waals surface area contributed by atoms with Crippen LogP contribution < -0.4 is 11.1 Å². The molecule has 0 saturated carbocycles. The minimum absolute atomic E-state index is 0. The van der Waals surface area contributed by atoms with Gasteiger partial charge in [0.05, 0.1) is 5.41 Å². The Kier molecular flexibility index (Phi) is 6.68. The third-order valence-corrected chi connectivity index (χ3v) is 4.10. The number of carbonyl (C=O) groups excluding carboxylic acids is 1. The van der Waals surface area contributed by atoms with E-state index in [2.05, 4.69) is 5.32 Å². The average Bonchev–Trinajstić information content (AvgIpc) is 2.44. The van der Waals surface area contributed by atoms with Crippen molar-refractivity contribution in [3.63, 3.8) is 0 Å². The van der Waals surface area contributed by atoms with E-state index in [1.165, 1.54) is 0 Å². The standard InChI is InChI=1S/C16H23ClN2O2.ClH/c1-15(2,18)11-19-14(20)16(6-8-21-9-7-16)12-4-3-5-13(17)10-12;/h3-5,10H,6-9,11,18H2,1-2H3,(H,19,20);1H. The Balaban J connectivity index is 0.00000242. The fraction of sp³-hybridized carbons (Fsp3) is 0.562. The number of nitrogens with one attached hydrogen (secondary N) is 1. The second-order valence-corrected chi connectivity index (χ2v) is 6.81. The molecular weight excluding hydrogens is 323 g/mol. The monoisotopic (exact) mass is 346 g/mol. The van der Waals surface area contributed by atoms with Gasteiger partial charge in [-0.1, -0.05) is 23.7 Å². The Morgan fingerprint density at radius 3 is 2.59 bits per heavy atom. The zero-order valence-electron chi connectivity index (χ0n) is 13.0. The summed E-state index contributed by atoms with van der Waals surface area (Å²) in [6, 6.07) is 7.54. The first kappa shape index (κ1) is 19.2. The van der Waals surface area contributed by atoms with Crippen LogP contribution in [0.4, 0.5) is 0 Å². The van der Waals surface area contributed by atoms with Crippen molar-refractivity contribution in [2.75, 3.05) is 19.8 Å². The molecule has 1 heterocycles. The van der Waals surface area contributed by atoms with Crippen LogP contribution in [0, 0.1) is 0 Å². The summed E-state index contributed by atoms with van der Waals surface area (Å²) in [7, 11) is 0. The van der Waals surface area contributed by atoms with Gasteiger partial charge >= 0.3 is 0 Å². The van der Waals surface area contributed by atoms with Gasteiger partial charge in [-0.2, -0.15) is 0 Å². The van der Waals surface area contributed by atoms with Crippen LogP contribution in [-0.2, 0) is 14.9 Å². The molecular formula is C16H24Cl2N2O2. The van der Waals surface area contributed by atoms with Gasteiger partial charge in [-0.15, -0.1) is 12.4 Å². The van der Waals surface area contributed by atoms with E-state index >= 15 is 0 Å². The average molecular weight is 347 g/mol. The van der Waals surface area contributed by atoms with Gasteiger partial charge in [0.1, 0.15) is 0 Å². The van der Waals surface area contributed by atoms with Gasteiger partial charge in [0, 0.05) is 30.3 Å². The maximum Gasteiger partial charge on any atom is 0.230 e.